The van der Waals surface area contributed by atoms with Gasteiger partial charge in [0.25, 0.3) is 5.91 Å². The first-order valence-electron chi connectivity index (χ1n) is 9.37. The number of ether oxygens (including phenoxy) is 1. The number of aliphatic imine (C=N–C) groups is 1. The maximum atomic E-state index is 12.8. The molecule has 0 aromatic heterocycles. The van der Waals surface area contributed by atoms with Gasteiger partial charge in [0, 0.05) is 34.9 Å². The second kappa shape index (κ2) is 10.2. The summed E-state index contributed by atoms with van der Waals surface area (Å²) in [6.45, 7) is 2.63. The Morgan fingerprint density at radius 3 is 2.59 bits per heavy atom. The van der Waals surface area contributed by atoms with Gasteiger partial charge < -0.3 is 15.4 Å². The van der Waals surface area contributed by atoms with E-state index in [1.54, 1.807) is 24.3 Å². The van der Waals surface area contributed by atoms with Gasteiger partial charge in [0.1, 0.15) is 0 Å². The summed E-state index contributed by atoms with van der Waals surface area (Å²) in [4.78, 5) is 28.5. The van der Waals surface area contributed by atoms with Crippen molar-refractivity contribution in [3.63, 3.8) is 0 Å². The van der Waals surface area contributed by atoms with Crippen molar-refractivity contribution in [2.24, 2.45) is 4.99 Å². The summed E-state index contributed by atoms with van der Waals surface area (Å²) in [5.74, 6) is -0.183. The topological polar surface area (TPSA) is 91.8 Å². The molecule has 2 aromatic carbocycles. The molecule has 1 aliphatic heterocycles. The number of guanidine groups is 1. The van der Waals surface area contributed by atoms with Crippen LogP contribution in [-0.4, -0.2) is 37.0 Å². The second-order valence-electron chi connectivity index (χ2n) is 6.68. The maximum Gasteiger partial charge on any atom is 0.258 e. The van der Waals surface area contributed by atoms with Gasteiger partial charge in [0.15, 0.2) is 0 Å². The minimum Gasteiger partial charge on any atom is -0.376 e. The van der Waals surface area contributed by atoms with E-state index in [0.29, 0.717) is 23.8 Å². The predicted molar refractivity (Wildman–Crippen MR) is 117 cm³/mol. The molecule has 1 saturated heterocycles. The number of benzene rings is 2. The first-order valence-corrected chi connectivity index (χ1v) is 10.2. The molecule has 0 bridgehead atoms. The number of carbonyl (C=O) groups is 2. The average molecular weight is 459 g/mol. The van der Waals surface area contributed by atoms with Crippen LogP contribution in [0, 0.1) is 0 Å². The molecule has 2 aromatic rings. The Hall–Kier alpha value is -2.71. The number of carbonyl (C=O) groups excluding carboxylic acids is 2. The highest BCUT2D eigenvalue weighted by Gasteiger charge is 2.16. The lowest BCUT2D eigenvalue weighted by Crippen LogP contribution is -2.36. The van der Waals surface area contributed by atoms with Crippen molar-refractivity contribution < 1.29 is 14.3 Å². The van der Waals surface area contributed by atoms with Gasteiger partial charge in [-0.1, -0.05) is 28.1 Å². The molecule has 0 unspecified atom stereocenters. The molecular formula is C21H23BrN4O3. The Bertz CT molecular complexity index is 910. The SMILES string of the molecule is CC(=O)Nc1cccc(C(=O)NC(=NC[C@@H]2CCCO2)Nc2cccc(Br)c2)c1. The fourth-order valence-corrected chi connectivity index (χ4v) is 3.32. The van der Waals surface area contributed by atoms with Gasteiger partial charge in [-0.2, -0.15) is 0 Å². The molecular weight excluding hydrogens is 436 g/mol. The number of halogens is 1. The Balaban J connectivity index is 1.75. The van der Waals surface area contributed by atoms with Crippen LogP contribution in [0.1, 0.15) is 30.1 Å². The van der Waals surface area contributed by atoms with Crippen molar-refractivity contribution in [1.29, 1.82) is 0 Å². The zero-order valence-corrected chi connectivity index (χ0v) is 17.7. The second-order valence-corrected chi connectivity index (χ2v) is 7.59. The summed E-state index contributed by atoms with van der Waals surface area (Å²) in [5.41, 5.74) is 1.76. The fourth-order valence-electron chi connectivity index (χ4n) is 2.92. The number of amides is 2. The van der Waals surface area contributed by atoms with Crippen molar-refractivity contribution in [2.45, 2.75) is 25.9 Å². The average Bonchev–Trinajstić information content (AvgIpc) is 3.19. The molecule has 1 aliphatic rings. The van der Waals surface area contributed by atoms with E-state index in [1.807, 2.05) is 24.3 Å². The summed E-state index contributed by atoms with van der Waals surface area (Å²) in [7, 11) is 0. The van der Waals surface area contributed by atoms with Crippen molar-refractivity contribution in [2.75, 3.05) is 23.8 Å². The van der Waals surface area contributed by atoms with Crippen LogP contribution >= 0.6 is 15.9 Å². The van der Waals surface area contributed by atoms with Crippen LogP contribution in [0.3, 0.4) is 0 Å². The molecule has 1 atom stereocenters. The van der Waals surface area contributed by atoms with Gasteiger partial charge in [0.05, 0.1) is 12.6 Å². The highest BCUT2D eigenvalue weighted by molar-refractivity contribution is 9.10. The molecule has 0 spiro atoms. The zero-order chi connectivity index (χ0) is 20.6. The standard InChI is InChI=1S/C21H23BrN4O3/c1-14(27)24-17-7-2-5-15(11-17)20(28)26-21(23-13-19-9-4-10-29-19)25-18-8-3-6-16(22)12-18/h2-3,5-8,11-12,19H,4,9-10,13H2,1H3,(H,24,27)(H2,23,25,26,28)/t19-/m0/s1. The first kappa shape index (κ1) is 21.0. The summed E-state index contributed by atoms with van der Waals surface area (Å²) in [6.07, 6.45) is 2.05. The Morgan fingerprint density at radius 2 is 1.90 bits per heavy atom. The van der Waals surface area contributed by atoms with Crippen molar-refractivity contribution in [1.82, 2.24) is 5.32 Å². The van der Waals surface area contributed by atoms with Crippen LogP contribution in [0.25, 0.3) is 0 Å². The van der Waals surface area contributed by atoms with Gasteiger partial charge in [-0.05, 0) is 49.2 Å². The lowest BCUT2D eigenvalue weighted by molar-refractivity contribution is -0.114. The van der Waals surface area contributed by atoms with Gasteiger partial charge in [-0.25, -0.2) is 4.99 Å². The van der Waals surface area contributed by atoms with E-state index in [-0.39, 0.29) is 17.9 Å². The summed E-state index contributed by atoms with van der Waals surface area (Å²) >= 11 is 3.44. The molecule has 1 fully saturated rings. The van der Waals surface area contributed by atoms with Gasteiger partial charge >= 0.3 is 0 Å². The summed E-state index contributed by atoms with van der Waals surface area (Å²) in [5, 5.41) is 8.65. The minimum absolute atomic E-state index is 0.0642. The monoisotopic (exact) mass is 458 g/mol. The van der Waals surface area contributed by atoms with Gasteiger partial charge in [0.2, 0.25) is 11.9 Å². The van der Waals surface area contributed by atoms with E-state index in [9.17, 15) is 9.59 Å². The van der Waals surface area contributed by atoms with Crippen LogP contribution in [0.2, 0.25) is 0 Å². The van der Waals surface area contributed by atoms with Crippen molar-refractivity contribution in [3.8, 4) is 0 Å². The molecule has 3 rings (SSSR count). The van der Waals surface area contributed by atoms with Crippen LogP contribution in [0.5, 0.6) is 0 Å². The van der Waals surface area contributed by atoms with Crippen LogP contribution in [0.4, 0.5) is 11.4 Å². The summed E-state index contributed by atoms with van der Waals surface area (Å²) in [6, 6.07) is 14.3. The van der Waals surface area contributed by atoms with E-state index in [0.717, 1.165) is 29.6 Å². The van der Waals surface area contributed by atoms with Crippen molar-refractivity contribution >= 4 is 45.1 Å². The Labute approximate surface area is 178 Å². The minimum atomic E-state index is -0.328. The number of nitrogens with zero attached hydrogens (tertiary/aromatic N) is 1. The molecule has 29 heavy (non-hydrogen) atoms. The first-order chi connectivity index (χ1) is 14.0. The van der Waals surface area contributed by atoms with E-state index in [2.05, 4.69) is 36.9 Å². The van der Waals surface area contributed by atoms with E-state index >= 15 is 0 Å². The summed E-state index contributed by atoms with van der Waals surface area (Å²) < 4.78 is 6.53. The van der Waals surface area contributed by atoms with Crippen LogP contribution in [-0.2, 0) is 9.53 Å². The molecule has 2 amide bonds. The highest BCUT2D eigenvalue weighted by atomic mass is 79.9. The van der Waals surface area contributed by atoms with E-state index in [4.69, 9.17) is 4.74 Å². The normalized spacial score (nSPS) is 16.3. The van der Waals surface area contributed by atoms with Crippen LogP contribution in [0.15, 0.2) is 58.0 Å². The molecule has 152 valence electrons. The molecule has 0 saturated carbocycles. The number of anilines is 2. The third-order valence-electron chi connectivity index (χ3n) is 4.24. The smallest absolute Gasteiger partial charge is 0.258 e. The quantitative estimate of drug-likeness (QED) is 0.469. The molecule has 3 N–H and O–H groups in total. The predicted octanol–water partition coefficient (Wildman–Crippen LogP) is 3.78. The number of nitrogens with one attached hydrogen (secondary N) is 3. The van der Waals surface area contributed by atoms with Gasteiger partial charge in [-0.15, -0.1) is 0 Å². The number of hydrogen-bond donors (Lipinski definition) is 3. The van der Waals surface area contributed by atoms with Gasteiger partial charge in [-0.3, -0.25) is 14.9 Å². The number of rotatable bonds is 5. The van der Waals surface area contributed by atoms with E-state index < -0.39 is 0 Å². The van der Waals surface area contributed by atoms with Crippen molar-refractivity contribution in [3.05, 3.63) is 58.6 Å². The molecule has 1 heterocycles. The molecule has 0 aliphatic carbocycles. The maximum absolute atomic E-state index is 12.8. The number of hydrogen-bond acceptors (Lipinski definition) is 4. The lowest BCUT2D eigenvalue weighted by Gasteiger charge is -2.14. The largest absolute Gasteiger partial charge is 0.376 e. The zero-order valence-electron chi connectivity index (χ0n) is 16.1. The third-order valence-corrected chi connectivity index (χ3v) is 4.73. The molecule has 0 radical (unpaired) electrons. The molecule has 7 nitrogen and oxygen atoms in total. The Kier molecular flexibility index (Phi) is 7.37. The molecule has 8 heteroatoms. The fraction of sp³-hybridized carbons (Fsp3) is 0.286. The third kappa shape index (κ3) is 6.69. The Morgan fingerprint density at radius 1 is 1.14 bits per heavy atom. The van der Waals surface area contributed by atoms with E-state index in [1.165, 1.54) is 6.92 Å². The highest BCUT2D eigenvalue weighted by Crippen LogP contribution is 2.16. The van der Waals surface area contributed by atoms with Crippen LogP contribution < -0.4 is 16.0 Å². The lowest BCUT2D eigenvalue weighted by atomic mass is 10.2.